The van der Waals surface area contributed by atoms with Crippen molar-refractivity contribution < 1.29 is 9.13 Å². The molecule has 1 N–H and O–H groups in total. The number of nitrogens with one attached hydrogen (secondary N) is 1. The van der Waals surface area contributed by atoms with Crippen LogP contribution in [-0.4, -0.2) is 21.9 Å². The fourth-order valence-electron chi connectivity index (χ4n) is 1.43. The first kappa shape index (κ1) is 11.4. The highest BCUT2D eigenvalue weighted by molar-refractivity contribution is 5.48. The highest BCUT2D eigenvalue weighted by Gasteiger charge is 2.04. The lowest BCUT2D eigenvalue weighted by molar-refractivity contribution is 0.387. The Morgan fingerprint density at radius 2 is 2.29 bits per heavy atom. The molecule has 6 heteroatoms. The summed E-state index contributed by atoms with van der Waals surface area (Å²) in [6.45, 7) is 0.519. The van der Waals surface area contributed by atoms with E-state index in [0.717, 1.165) is 11.5 Å². The summed E-state index contributed by atoms with van der Waals surface area (Å²) in [4.78, 5) is 4.08. The maximum Gasteiger partial charge on any atom is 0.165 e. The fourth-order valence-corrected chi connectivity index (χ4v) is 1.43. The molecule has 1 aromatic carbocycles. The van der Waals surface area contributed by atoms with E-state index in [2.05, 4.69) is 15.4 Å². The number of aryl methyl sites for hydroxylation is 1. The first-order valence-electron chi connectivity index (χ1n) is 5.11. The third-order valence-corrected chi connectivity index (χ3v) is 2.41. The summed E-state index contributed by atoms with van der Waals surface area (Å²) in [5.41, 5.74) is 0.770. The van der Waals surface area contributed by atoms with Crippen LogP contribution in [0.3, 0.4) is 0 Å². The number of ether oxygens (including phenoxy) is 1. The van der Waals surface area contributed by atoms with Crippen molar-refractivity contribution in [2.24, 2.45) is 7.05 Å². The number of nitrogens with zero attached hydrogens (tertiary/aromatic N) is 3. The molecule has 0 fully saturated rings. The van der Waals surface area contributed by atoms with Crippen molar-refractivity contribution in [3.63, 3.8) is 0 Å². The maximum absolute atomic E-state index is 13.2. The lowest BCUT2D eigenvalue weighted by Crippen LogP contribution is -2.06. The van der Waals surface area contributed by atoms with Crippen molar-refractivity contribution in [2.75, 3.05) is 12.4 Å². The van der Waals surface area contributed by atoms with Crippen molar-refractivity contribution >= 4 is 5.69 Å². The van der Waals surface area contributed by atoms with Gasteiger partial charge in [-0.15, -0.1) is 0 Å². The summed E-state index contributed by atoms with van der Waals surface area (Å²) in [5, 5.41) is 7.08. The molecular weight excluding hydrogens is 223 g/mol. The standard InChI is InChI=1S/C11H13FN4O/c1-16-11(14-7-15-16)6-13-8-3-4-9(12)10(5-8)17-2/h3-5,7,13H,6H2,1-2H3. The van der Waals surface area contributed by atoms with Crippen LogP contribution >= 0.6 is 0 Å². The van der Waals surface area contributed by atoms with Gasteiger partial charge in [-0.1, -0.05) is 0 Å². The molecule has 5 nitrogen and oxygen atoms in total. The van der Waals surface area contributed by atoms with Crippen LogP contribution in [0.15, 0.2) is 24.5 Å². The number of anilines is 1. The van der Waals surface area contributed by atoms with Gasteiger partial charge in [0.15, 0.2) is 11.6 Å². The van der Waals surface area contributed by atoms with E-state index in [1.54, 1.807) is 16.8 Å². The predicted molar refractivity (Wildman–Crippen MR) is 61.3 cm³/mol. The molecule has 2 rings (SSSR count). The largest absolute Gasteiger partial charge is 0.494 e. The Hall–Kier alpha value is -2.11. The Kier molecular flexibility index (Phi) is 3.22. The van der Waals surface area contributed by atoms with E-state index >= 15 is 0 Å². The molecule has 0 unspecified atom stereocenters. The molecule has 0 aliphatic carbocycles. The Morgan fingerprint density at radius 1 is 1.47 bits per heavy atom. The van der Waals surface area contributed by atoms with Crippen LogP contribution in [0.1, 0.15) is 5.82 Å². The van der Waals surface area contributed by atoms with Gasteiger partial charge in [-0.2, -0.15) is 5.10 Å². The zero-order valence-electron chi connectivity index (χ0n) is 9.64. The lowest BCUT2D eigenvalue weighted by Gasteiger charge is -2.08. The molecule has 0 saturated carbocycles. The monoisotopic (exact) mass is 236 g/mol. The maximum atomic E-state index is 13.2. The van der Waals surface area contributed by atoms with Crippen LogP contribution < -0.4 is 10.1 Å². The predicted octanol–water partition coefficient (Wildman–Crippen LogP) is 1.57. The summed E-state index contributed by atoms with van der Waals surface area (Å²) in [6, 6.07) is 4.61. The lowest BCUT2D eigenvalue weighted by atomic mass is 10.3. The van der Waals surface area contributed by atoms with Gasteiger partial charge >= 0.3 is 0 Å². The highest BCUT2D eigenvalue weighted by Crippen LogP contribution is 2.21. The van der Waals surface area contributed by atoms with Crippen LogP contribution in [0.4, 0.5) is 10.1 Å². The molecule has 0 spiro atoms. The Morgan fingerprint density at radius 3 is 2.94 bits per heavy atom. The summed E-state index contributed by atoms with van der Waals surface area (Å²) < 4.78 is 19.7. The zero-order valence-corrected chi connectivity index (χ0v) is 9.64. The zero-order chi connectivity index (χ0) is 12.3. The Bertz CT molecular complexity index is 512. The van der Waals surface area contributed by atoms with Gasteiger partial charge in [-0.05, 0) is 12.1 Å². The molecule has 17 heavy (non-hydrogen) atoms. The molecule has 1 heterocycles. The van der Waals surface area contributed by atoms with Gasteiger partial charge in [-0.3, -0.25) is 4.68 Å². The number of benzene rings is 1. The summed E-state index contributed by atoms with van der Waals surface area (Å²) in [7, 11) is 3.25. The summed E-state index contributed by atoms with van der Waals surface area (Å²) in [5.74, 6) is 0.637. The van der Waals surface area contributed by atoms with E-state index in [1.165, 1.54) is 19.5 Å². The van der Waals surface area contributed by atoms with Crippen LogP contribution in [0, 0.1) is 5.82 Å². The molecule has 0 bridgehead atoms. The fraction of sp³-hybridized carbons (Fsp3) is 0.273. The molecule has 0 aliphatic heterocycles. The number of hydrogen-bond donors (Lipinski definition) is 1. The number of rotatable bonds is 4. The normalized spacial score (nSPS) is 10.3. The van der Waals surface area contributed by atoms with Crippen LogP contribution in [0.5, 0.6) is 5.75 Å². The third-order valence-electron chi connectivity index (χ3n) is 2.41. The van der Waals surface area contributed by atoms with Crippen LogP contribution in [-0.2, 0) is 13.6 Å². The number of halogens is 1. The van der Waals surface area contributed by atoms with E-state index in [-0.39, 0.29) is 11.6 Å². The van der Waals surface area contributed by atoms with Crippen molar-refractivity contribution in [3.8, 4) is 5.75 Å². The molecule has 0 saturated heterocycles. The van der Waals surface area contributed by atoms with Gasteiger partial charge < -0.3 is 10.1 Å². The quantitative estimate of drug-likeness (QED) is 0.875. The molecule has 2 aromatic rings. The van der Waals surface area contributed by atoms with Crippen molar-refractivity contribution in [3.05, 3.63) is 36.2 Å². The summed E-state index contributed by atoms with van der Waals surface area (Å²) in [6.07, 6.45) is 1.49. The van der Waals surface area contributed by atoms with Crippen molar-refractivity contribution in [2.45, 2.75) is 6.54 Å². The third kappa shape index (κ3) is 2.52. The molecule has 0 aliphatic rings. The molecule has 1 aromatic heterocycles. The van der Waals surface area contributed by atoms with Crippen molar-refractivity contribution in [1.82, 2.24) is 14.8 Å². The Balaban J connectivity index is 2.07. The van der Waals surface area contributed by atoms with Gasteiger partial charge in [-0.25, -0.2) is 9.37 Å². The molecule has 0 radical (unpaired) electrons. The molecule has 90 valence electrons. The van der Waals surface area contributed by atoms with Gasteiger partial charge in [0.1, 0.15) is 12.2 Å². The molecule has 0 amide bonds. The average molecular weight is 236 g/mol. The minimum atomic E-state index is -0.378. The minimum absolute atomic E-state index is 0.216. The summed E-state index contributed by atoms with van der Waals surface area (Å²) >= 11 is 0. The van der Waals surface area contributed by atoms with E-state index in [4.69, 9.17) is 4.74 Å². The van der Waals surface area contributed by atoms with Gasteiger partial charge in [0.2, 0.25) is 0 Å². The van der Waals surface area contributed by atoms with Crippen LogP contribution in [0.2, 0.25) is 0 Å². The van der Waals surface area contributed by atoms with Crippen molar-refractivity contribution in [1.29, 1.82) is 0 Å². The second kappa shape index (κ2) is 4.82. The van der Waals surface area contributed by atoms with E-state index < -0.39 is 0 Å². The smallest absolute Gasteiger partial charge is 0.165 e. The second-order valence-corrected chi connectivity index (χ2v) is 3.50. The van der Waals surface area contributed by atoms with E-state index in [1.807, 2.05) is 7.05 Å². The van der Waals surface area contributed by atoms with Gasteiger partial charge in [0, 0.05) is 18.8 Å². The SMILES string of the molecule is COc1cc(NCc2ncnn2C)ccc1F. The Labute approximate surface area is 98.2 Å². The minimum Gasteiger partial charge on any atom is -0.494 e. The number of hydrogen-bond acceptors (Lipinski definition) is 4. The molecule has 0 atom stereocenters. The van der Waals surface area contributed by atoms with Gasteiger partial charge in [0.25, 0.3) is 0 Å². The first-order chi connectivity index (χ1) is 8.20. The first-order valence-corrected chi connectivity index (χ1v) is 5.11. The number of methoxy groups -OCH3 is 1. The molecular formula is C11H13FN4O. The van der Waals surface area contributed by atoms with Gasteiger partial charge in [0.05, 0.1) is 13.7 Å². The highest BCUT2D eigenvalue weighted by atomic mass is 19.1. The second-order valence-electron chi connectivity index (χ2n) is 3.50. The topological polar surface area (TPSA) is 52.0 Å². The van der Waals surface area contributed by atoms with E-state index in [0.29, 0.717) is 6.54 Å². The van der Waals surface area contributed by atoms with Crippen LogP contribution in [0.25, 0.3) is 0 Å². The average Bonchev–Trinajstić information content (AvgIpc) is 2.74. The van der Waals surface area contributed by atoms with E-state index in [9.17, 15) is 4.39 Å². The number of aromatic nitrogens is 3.